The van der Waals surface area contributed by atoms with E-state index in [9.17, 15) is 18.0 Å². The van der Waals surface area contributed by atoms with Crippen molar-refractivity contribution < 1.29 is 27.4 Å². The van der Waals surface area contributed by atoms with E-state index in [0.717, 1.165) is 6.07 Å². The molecule has 0 bridgehead atoms. The molecule has 0 aliphatic carbocycles. The quantitative estimate of drug-likeness (QED) is 0.771. The van der Waals surface area contributed by atoms with Crippen LogP contribution in [0.5, 0.6) is 11.5 Å². The van der Waals surface area contributed by atoms with Crippen LogP contribution in [0.4, 0.5) is 13.2 Å². The number of alkyl halides is 3. The lowest BCUT2D eigenvalue weighted by Gasteiger charge is -2.14. The number of hydrogen-bond donors (Lipinski definition) is 0. The number of benzene rings is 1. The lowest BCUT2D eigenvalue weighted by atomic mass is 10.0. The Balaban J connectivity index is 3.36. The summed E-state index contributed by atoms with van der Waals surface area (Å²) in [5.74, 6) is -1.69. The van der Waals surface area contributed by atoms with E-state index in [1.807, 2.05) is 0 Å². The highest BCUT2D eigenvalue weighted by molar-refractivity contribution is 6.03. The van der Waals surface area contributed by atoms with E-state index < -0.39 is 17.5 Å². The molecule has 0 N–H and O–H groups in total. The molecule has 3 nitrogen and oxygen atoms in total. The normalized spacial score (nSPS) is 11.2. The van der Waals surface area contributed by atoms with Gasteiger partial charge in [-0.25, -0.2) is 0 Å². The van der Waals surface area contributed by atoms with Gasteiger partial charge in [-0.2, -0.15) is 13.2 Å². The van der Waals surface area contributed by atoms with Crippen LogP contribution in [0.15, 0.2) is 12.1 Å². The van der Waals surface area contributed by atoms with Gasteiger partial charge in [0.15, 0.2) is 0 Å². The van der Waals surface area contributed by atoms with Crippen LogP contribution in [0.25, 0.3) is 0 Å². The molecule has 0 unspecified atom stereocenters. The van der Waals surface area contributed by atoms with E-state index in [2.05, 4.69) is 0 Å². The molecule has 1 aromatic rings. The van der Waals surface area contributed by atoms with Crippen LogP contribution in [0.3, 0.4) is 0 Å². The molecule has 0 amide bonds. The summed E-state index contributed by atoms with van der Waals surface area (Å²) in [6.07, 6.45) is -4.92. The van der Waals surface area contributed by atoms with Crippen LogP contribution in [-0.2, 0) is 0 Å². The zero-order chi connectivity index (χ0) is 13.2. The third-order valence-corrected chi connectivity index (χ3v) is 2.28. The molecule has 0 saturated heterocycles. The first-order chi connectivity index (χ1) is 7.82. The Morgan fingerprint density at radius 3 is 2.18 bits per heavy atom. The fourth-order valence-corrected chi connectivity index (χ4v) is 1.49. The van der Waals surface area contributed by atoms with Crippen molar-refractivity contribution in [3.8, 4) is 11.5 Å². The third kappa shape index (κ3) is 2.51. The first-order valence-electron chi connectivity index (χ1n) is 4.66. The average molecular weight is 248 g/mol. The second-order valence-corrected chi connectivity index (χ2v) is 3.30. The molecule has 0 spiro atoms. The van der Waals surface area contributed by atoms with Crippen molar-refractivity contribution in [2.75, 3.05) is 14.2 Å². The molecule has 0 aromatic heterocycles. The van der Waals surface area contributed by atoms with Gasteiger partial charge in [-0.15, -0.1) is 0 Å². The highest BCUT2D eigenvalue weighted by Gasteiger charge is 2.41. The van der Waals surface area contributed by atoms with Gasteiger partial charge in [-0.3, -0.25) is 4.79 Å². The van der Waals surface area contributed by atoms with Gasteiger partial charge < -0.3 is 9.47 Å². The van der Waals surface area contributed by atoms with Gasteiger partial charge in [0, 0.05) is 5.56 Å². The Bertz CT molecular complexity index is 438. The highest BCUT2D eigenvalue weighted by Crippen LogP contribution is 2.34. The number of ketones is 1. The molecule has 0 fully saturated rings. The number of rotatable bonds is 3. The summed E-state index contributed by atoms with van der Waals surface area (Å²) in [5, 5.41) is 0. The molecular weight excluding hydrogens is 237 g/mol. The molecule has 0 aliphatic heterocycles. The largest absolute Gasteiger partial charge is 0.496 e. The predicted molar refractivity (Wildman–Crippen MR) is 54.7 cm³/mol. The minimum absolute atomic E-state index is 0.119. The average Bonchev–Trinajstić information content (AvgIpc) is 2.26. The maximum absolute atomic E-state index is 12.3. The standard InChI is InChI=1S/C11H11F3O3/c1-6-8(16-2)5-4-7(9(6)17-3)10(15)11(12,13)14/h4-5H,1-3H3. The molecule has 94 valence electrons. The van der Waals surface area contributed by atoms with Crippen LogP contribution in [0.2, 0.25) is 0 Å². The van der Waals surface area contributed by atoms with E-state index >= 15 is 0 Å². The Labute approximate surface area is 96.1 Å². The van der Waals surface area contributed by atoms with Gasteiger partial charge in [0.05, 0.1) is 19.8 Å². The van der Waals surface area contributed by atoms with Crippen LogP contribution >= 0.6 is 0 Å². The van der Waals surface area contributed by atoms with Crippen LogP contribution < -0.4 is 9.47 Å². The van der Waals surface area contributed by atoms with Gasteiger partial charge in [0.1, 0.15) is 11.5 Å². The Kier molecular flexibility index (Phi) is 3.65. The second-order valence-electron chi connectivity index (χ2n) is 3.30. The number of halogens is 3. The predicted octanol–water partition coefficient (Wildman–Crippen LogP) is 2.76. The molecule has 1 aromatic carbocycles. The van der Waals surface area contributed by atoms with Crippen molar-refractivity contribution >= 4 is 5.78 Å². The summed E-state index contributed by atoms with van der Waals surface area (Å²) >= 11 is 0. The number of carbonyl (C=O) groups excluding carboxylic acids is 1. The van der Waals surface area contributed by atoms with Crippen molar-refractivity contribution in [3.05, 3.63) is 23.3 Å². The molecule has 0 atom stereocenters. The van der Waals surface area contributed by atoms with Gasteiger partial charge >= 0.3 is 6.18 Å². The lowest BCUT2D eigenvalue weighted by molar-refractivity contribution is -0.0886. The zero-order valence-electron chi connectivity index (χ0n) is 9.51. The Morgan fingerprint density at radius 2 is 1.76 bits per heavy atom. The monoisotopic (exact) mass is 248 g/mol. The zero-order valence-corrected chi connectivity index (χ0v) is 9.51. The van der Waals surface area contributed by atoms with E-state index in [4.69, 9.17) is 9.47 Å². The third-order valence-electron chi connectivity index (χ3n) is 2.28. The van der Waals surface area contributed by atoms with Crippen molar-refractivity contribution in [1.29, 1.82) is 0 Å². The minimum atomic E-state index is -4.92. The van der Waals surface area contributed by atoms with E-state index in [1.54, 1.807) is 0 Å². The molecule has 17 heavy (non-hydrogen) atoms. The number of methoxy groups -OCH3 is 2. The lowest BCUT2D eigenvalue weighted by Crippen LogP contribution is -2.23. The van der Waals surface area contributed by atoms with Gasteiger partial charge in [0.2, 0.25) is 0 Å². The van der Waals surface area contributed by atoms with E-state index in [-0.39, 0.29) is 5.75 Å². The van der Waals surface area contributed by atoms with Crippen molar-refractivity contribution in [1.82, 2.24) is 0 Å². The van der Waals surface area contributed by atoms with Crippen molar-refractivity contribution in [2.24, 2.45) is 0 Å². The molecule has 1 rings (SSSR count). The van der Waals surface area contributed by atoms with Crippen molar-refractivity contribution in [3.63, 3.8) is 0 Å². The Morgan fingerprint density at radius 1 is 1.18 bits per heavy atom. The molecule has 0 aliphatic rings. The Hall–Kier alpha value is -1.72. The van der Waals surface area contributed by atoms with Crippen LogP contribution in [0, 0.1) is 6.92 Å². The molecule has 6 heteroatoms. The number of ether oxygens (including phenoxy) is 2. The summed E-state index contributed by atoms with van der Waals surface area (Å²) in [6.45, 7) is 1.52. The summed E-state index contributed by atoms with van der Waals surface area (Å²) in [5.41, 5.74) is -0.164. The van der Waals surface area contributed by atoms with Crippen molar-refractivity contribution in [2.45, 2.75) is 13.1 Å². The number of Topliss-reactive ketones (excluding diaryl/α,β-unsaturated/α-hetero) is 1. The maximum atomic E-state index is 12.3. The summed E-state index contributed by atoms with van der Waals surface area (Å²) in [4.78, 5) is 11.2. The van der Waals surface area contributed by atoms with E-state index in [0.29, 0.717) is 11.3 Å². The van der Waals surface area contributed by atoms with Gasteiger partial charge in [-0.05, 0) is 19.1 Å². The number of hydrogen-bond acceptors (Lipinski definition) is 3. The summed E-state index contributed by atoms with van der Waals surface area (Å²) in [7, 11) is 2.59. The highest BCUT2D eigenvalue weighted by atomic mass is 19.4. The fourth-order valence-electron chi connectivity index (χ4n) is 1.49. The smallest absolute Gasteiger partial charge is 0.455 e. The minimum Gasteiger partial charge on any atom is -0.496 e. The first kappa shape index (κ1) is 13.3. The van der Waals surface area contributed by atoms with Gasteiger partial charge in [-0.1, -0.05) is 0 Å². The topological polar surface area (TPSA) is 35.5 Å². The molecule has 0 radical (unpaired) electrons. The van der Waals surface area contributed by atoms with Gasteiger partial charge in [0.25, 0.3) is 5.78 Å². The second kappa shape index (κ2) is 4.65. The van der Waals surface area contributed by atoms with Crippen LogP contribution in [-0.4, -0.2) is 26.2 Å². The fraction of sp³-hybridized carbons (Fsp3) is 0.364. The van der Waals surface area contributed by atoms with E-state index in [1.165, 1.54) is 27.2 Å². The maximum Gasteiger partial charge on any atom is 0.455 e. The summed E-state index contributed by atoms with van der Waals surface area (Å²) < 4.78 is 46.8. The molecular formula is C11H11F3O3. The summed E-state index contributed by atoms with van der Waals surface area (Å²) in [6, 6.07) is 2.34. The number of carbonyl (C=O) groups is 1. The SMILES string of the molecule is COc1ccc(C(=O)C(F)(F)F)c(OC)c1C. The van der Waals surface area contributed by atoms with Crippen LogP contribution in [0.1, 0.15) is 15.9 Å². The molecule has 0 saturated carbocycles. The first-order valence-corrected chi connectivity index (χ1v) is 4.66. The molecule has 0 heterocycles.